The van der Waals surface area contributed by atoms with Crippen LogP contribution in [0.15, 0.2) is 6.20 Å². The highest BCUT2D eigenvalue weighted by molar-refractivity contribution is 5.93. The summed E-state index contributed by atoms with van der Waals surface area (Å²) < 4.78 is 31.2. The molecule has 0 aliphatic heterocycles. The van der Waals surface area contributed by atoms with E-state index in [0.29, 0.717) is 36.5 Å². The Kier molecular flexibility index (Phi) is 7.57. The van der Waals surface area contributed by atoms with Crippen LogP contribution in [0, 0.1) is 11.8 Å². The van der Waals surface area contributed by atoms with E-state index < -0.39 is 18.4 Å². The van der Waals surface area contributed by atoms with Crippen molar-refractivity contribution in [2.75, 3.05) is 18.5 Å². The summed E-state index contributed by atoms with van der Waals surface area (Å²) in [5.74, 6) is -2.42. The zero-order valence-electron chi connectivity index (χ0n) is 17.4. The minimum Gasteiger partial charge on any atom is -0.396 e. The molecule has 0 radical (unpaired) electrons. The van der Waals surface area contributed by atoms with Gasteiger partial charge in [0.2, 0.25) is 5.95 Å². The number of aliphatic hydroxyl groups is 1. The van der Waals surface area contributed by atoms with Crippen LogP contribution >= 0.6 is 0 Å². The number of anilines is 1. The molecule has 1 amide bonds. The minimum atomic E-state index is -2.81. The third kappa shape index (κ3) is 6.31. The molecular formula is C21H32F2N4O3. The second kappa shape index (κ2) is 9.96. The maximum absolute atomic E-state index is 13.0. The fourth-order valence-corrected chi connectivity index (χ4v) is 4.54. The molecule has 168 valence electrons. The number of carbonyl (C=O) groups is 1. The van der Waals surface area contributed by atoms with Crippen LogP contribution in [-0.4, -0.2) is 52.3 Å². The molecule has 0 aromatic carbocycles. The average Bonchev–Trinajstić information content (AvgIpc) is 3.14. The first kappa shape index (κ1) is 22.8. The molecule has 3 rings (SSSR count). The highest BCUT2D eigenvalue weighted by Gasteiger charge is 2.30. The number of ether oxygens (including phenoxy) is 1. The fraction of sp³-hybridized carbons (Fsp3) is 0.762. The summed E-state index contributed by atoms with van der Waals surface area (Å²) in [7, 11) is 0. The summed E-state index contributed by atoms with van der Waals surface area (Å²) in [6.07, 6.45) is 7.88. The standard InChI is InChI=1S/C21H32F2N4O3/c1-21(22,23)12-30-16-7-5-15(6-8-16)26-20-25-10-17(19(24)29)18(27-20)9-13-3-2-4-14(13)11-28/h10,13-16,28H,2-9,11-12H2,1H3,(H2,24,29)(H,25,26,27)/t13-,14-,15?,16?/m0/s1. The molecule has 4 N–H and O–H groups in total. The topological polar surface area (TPSA) is 110 Å². The largest absolute Gasteiger partial charge is 0.396 e. The van der Waals surface area contributed by atoms with E-state index >= 15 is 0 Å². The lowest BCUT2D eigenvalue weighted by Crippen LogP contribution is -2.33. The lowest BCUT2D eigenvalue weighted by molar-refractivity contribution is -0.0943. The Morgan fingerprint density at radius 2 is 1.97 bits per heavy atom. The van der Waals surface area contributed by atoms with Crippen molar-refractivity contribution >= 4 is 11.9 Å². The Labute approximate surface area is 175 Å². The number of hydrogen-bond acceptors (Lipinski definition) is 6. The first-order valence-electron chi connectivity index (χ1n) is 10.8. The number of carbonyl (C=O) groups excluding carboxylic acids is 1. The van der Waals surface area contributed by atoms with Crippen molar-refractivity contribution in [3.8, 4) is 0 Å². The van der Waals surface area contributed by atoms with E-state index in [-0.39, 0.29) is 30.6 Å². The first-order chi connectivity index (χ1) is 14.2. The maximum atomic E-state index is 13.0. The van der Waals surface area contributed by atoms with Crippen molar-refractivity contribution in [3.05, 3.63) is 17.5 Å². The summed E-state index contributed by atoms with van der Waals surface area (Å²) in [4.78, 5) is 20.6. The second-order valence-corrected chi connectivity index (χ2v) is 8.76. The number of aliphatic hydroxyl groups excluding tert-OH is 1. The van der Waals surface area contributed by atoms with E-state index in [2.05, 4.69) is 15.3 Å². The summed E-state index contributed by atoms with van der Waals surface area (Å²) in [5, 5.41) is 12.9. The van der Waals surface area contributed by atoms with Crippen LogP contribution in [-0.2, 0) is 11.2 Å². The third-order valence-electron chi connectivity index (χ3n) is 6.22. The molecule has 30 heavy (non-hydrogen) atoms. The number of nitrogens with two attached hydrogens (primary N) is 1. The van der Waals surface area contributed by atoms with Crippen molar-refractivity contribution in [2.24, 2.45) is 17.6 Å². The normalized spacial score (nSPS) is 27.2. The summed E-state index contributed by atoms with van der Waals surface area (Å²) in [6.45, 7) is 0.452. The maximum Gasteiger partial charge on any atom is 0.268 e. The SMILES string of the molecule is CC(F)(F)COC1CCC(Nc2ncc(C(N)=O)c(C[C@@H]3CCC[C@H]3CO)n2)CC1. The molecule has 1 aromatic rings. The number of rotatable bonds is 9. The van der Waals surface area contributed by atoms with E-state index in [1.165, 1.54) is 6.20 Å². The van der Waals surface area contributed by atoms with Crippen LogP contribution in [0.3, 0.4) is 0 Å². The number of nitrogens with one attached hydrogen (secondary N) is 1. The predicted molar refractivity (Wildman–Crippen MR) is 108 cm³/mol. The number of hydrogen-bond donors (Lipinski definition) is 3. The Hall–Kier alpha value is -1.87. The molecule has 0 bridgehead atoms. The van der Waals surface area contributed by atoms with Gasteiger partial charge in [-0.15, -0.1) is 0 Å². The van der Waals surface area contributed by atoms with Crippen molar-refractivity contribution in [3.63, 3.8) is 0 Å². The number of halogens is 2. The second-order valence-electron chi connectivity index (χ2n) is 8.76. The fourth-order valence-electron chi connectivity index (χ4n) is 4.54. The quantitative estimate of drug-likeness (QED) is 0.560. The lowest BCUT2D eigenvalue weighted by Gasteiger charge is -2.30. The number of aromatic nitrogens is 2. The number of amides is 1. The van der Waals surface area contributed by atoms with E-state index in [4.69, 9.17) is 10.5 Å². The van der Waals surface area contributed by atoms with Crippen molar-refractivity contribution < 1.29 is 23.4 Å². The number of primary amides is 1. The lowest BCUT2D eigenvalue weighted by atomic mass is 9.91. The van der Waals surface area contributed by atoms with Crippen LogP contribution in [0.25, 0.3) is 0 Å². The zero-order valence-corrected chi connectivity index (χ0v) is 17.4. The molecular weight excluding hydrogens is 394 g/mol. The highest BCUT2D eigenvalue weighted by atomic mass is 19.3. The molecule has 0 spiro atoms. The molecule has 2 atom stereocenters. The summed E-state index contributed by atoms with van der Waals surface area (Å²) in [5.41, 5.74) is 6.45. The Morgan fingerprint density at radius 1 is 1.27 bits per heavy atom. The van der Waals surface area contributed by atoms with Gasteiger partial charge in [-0.05, 0) is 56.8 Å². The van der Waals surface area contributed by atoms with E-state index in [0.717, 1.165) is 39.0 Å². The highest BCUT2D eigenvalue weighted by Crippen LogP contribution is 2.34. The van der Waals surface area contributed by atoms with Gasteiger partial charge in [0.25, 0.3) is 11.8 Å². The molecule has 2 fully saturated rings. The molecule has 7 nitrogen and oxygen atoms in total. The monoisotopic (exact) mass is 426 g/mol. The molecule has 1 aromatic heterocycles. The third-order valence-corrected chi connectivity index (χ3v) is 6.22. The van der Waals surface area contributed by atoms with Crippen LogP contribution in [0.2, 0.25) is 0 Å². The number of alkyl halides is 2. The van der Waals surface area contributed by atoms with Crippen molar-refractivity contribution in [2.45, 2.75) is 76.4 Å². The van der Waals surface area contributed by atoms with Gasteiger partial charge in [0.15, 0.2) is 0 Å². The van der Waals surface area contributed by atoms with E-state index in [9.17, 15) is 18.7 Å². The van der Waals surface area contributed by atoms with Gasteiger partial charge in [-0.1, -0.05) is 6.42 Å². The van der Waals surface area contributed by atoms with Gasteiger partial charge in [-0.2, -0.15) is 0 Å². The zero-order chi connectivity index (χ0) is 21.7. The molecule has 2 saturated carbocycles. The molecule has 1 heterocycles. The predicted octanol–water partition coefficient (Wildman–Crippen LogP) is 2.92. The average molecular weight is 427 g/mol. The smallest absolute Gasteiger partial charge is 0.268 e. The number of nitrogens with zero attached hydrogens (tertiary/aromatic N) is 2. The van der Waals surface area contributed by atoms with Gasteiger partial charge in [0.05, 0.1) is 17.4 Å². The van der Waals surface area contributed by atoms with Crippen LogP contribution in [0.4, 0.5) is 14.7 Å². The first-order valence-corrected chi connectivity index (χ1v) is 10.8. The minimum absolute atomic E-state index is 0.121. The van der Waals surface area contributed by atoms with Crippen LogP contribution < -0.4 is 11.1 Å². The molecule has 0 unspecified atom stereocenters. The summed E-state index contributed by atoms with van der Waals surface area (Å²) >= 11 is 0. The molecule has 0 saturated heterocycles. The van der Waals surface area contributed by atoms with Gasteiger partial charge in [-0.25, -0.2) is 18.7 Å². The van der Waals surface area contributed by atoms with Crippen molar-refractivity contribution in [1.82, 2.24) is 9.97 Å². The Morgan fingerprint density at radius 3 is 2.60 bits per heavy atom. The van der Waals surface area contributed by atoms with Gasteiger partial charge in [-0.3, -0.25) is 4.79 Å². The van der Waals surface area contributed by atoms with Crippen LogP contribution in [0.1, 0.15) is 67.9 Å². The molecule has 9 heteroatoms. The van der Waals surface area contributed by atoms with Crippen molar-refractivity contribution in [1.29, 1.82) is 0 Å². The van der Waals surface area contributed by atoms with Gasteiger partial charge >= 0.3 is 0 Å². The molecule has 2 aliphatic rings. The Balaban J connectivity index is 1.59. The molecule has 2 aliphatic carbocycles. The van der Waals surface area contributed by atoms with Gasteiger partial charge < -0.3 is 20.9 Å². The summed E-state index contributed by atoms with van der Waals surface area (Å²) in [6, 6.07) is 0.121. The Bertz CT molecular complexity index is 721. The van der Waals surface area contributed by atoms with E-state index in [1.54, 1.807) is 0 Å². The van der Waals surface area contributed by atoms with Crippen LogP contribution in [0.5, 0.6) is 0 Å². The van der Waals surface area contributed by atoms with Gasteiger partial charge in [0.1, 0.15) is 6.61 Å². The van der Waals surface area contributed by atoms with E-state index in [1.807, 2.05) is 0 Å². The van der Waals surface area contributed by atoms with Gasteiger partial charge in [0, 0.05) is 25.8 Å².